The van der Waals surface area contributed by atoms with Crippen LogP contribution >= 0.6 is 0 Å². The van der Waals surface area contributed by atoms with E-state index >= 15 is 0 Å². The van der Waals surface area contributed by atoms with Gasteiger partial charge in [0.05, 0.1) is 53.2 Å². The molecule has 2 atom stereocenters. The van der Waals surface area contributed by atoms with E-state index in [2.05, 4.69) is 29.0 Å². The number of carbonyl (C=O) groups excluding carboxylic acids is 1. The van der Waals surface area contributed by atoms with Crippen LogP contribution in [-0.2, 0) is 32.4 Å². The smallest absolute Gasteiger partial charge is 0.232 e. The summed E-state index contributed by atoms with van der Waals surface area (Å²) in [5.74, 6) is 0.643. The maximum absolute atomic E-state index is 12.9. The molecule has 0 spiro atoms. The van der Waals surface area contributed by atoms with Gasteiger partial charge in [0.2, 0.25) is 15.9 Å². The molecule has 0 unspecified atom stereocenters. The lowest BCUT2D eigenvalue weighted by atomic mass is 10.1. The van der Waals surface area contributed by atoms with E-state index in [0.29, 0.717) is 30.0 Å². The Labute approximate surface area is 239 Å². The van der Waals surface area contributed by atoms with Gasteiger partial charge in [-0.1, -0.05) is 12.1 Å². The van der Waals surface area contributed by atoms with E-state index in [4.69, 9.17) is 14.7 Å². The van der Waals surface area contributed by atoms with Crippen LogP contribution in [-0.4, -0.2) is 67.4 Å². The highest BCUT2D eigenvalue weighted by molar-refractivity contribution is 7.92. The Balaban J connectivity index is 1.19. The van der Waals surface area contributed by atoms with Crippen molar-refractivity contribution in [2.24, 2.45) is 0 Å². The van der Waals surface area contributed by atoms with Crippen LogP contribution in [0.25, 0.3) is 22.3 Å². The first kappa shape index (κ1) is 27.1. The van der Waals surface area contributed by atoms with Crippen LogP contribution in [0, 0.1) is 0 Å². The van der Waals surface area contributed by atoms with Crippen molar-refractivity contribution in [3.63, 3.8) is 0 Å². The maximum Gasteiger partial charge on any atom is 0.232 e. The van der Waals surface area contributed by atoms with Gasteiger partial charge in [-0.15, -0.1) is 0 Å². The van der Waals surface area contributed by atoms with Crippen molar-refractivity contribution < 1.29 is 17.9 Å². The summed E-state index contributed by atoms with van der Waals surface area (Å²) in [5, 5.41) is 3.74. The van der Waals surface area contributed by atoms with Crippen molar-refractivity contribution in [3.05, 3.63) is 72.1 Å². The van der Waals surface area contributed by atoms with Gasteiger partial charge < -0.3 is 15.0 Å². The zero-order chi connectivity index (χ0) is 28.7. The molecule has 2 aliphatic rings. The van der Waals surface area contributed by atoms with Gasteiger partial charge in [-0.05, 0) is 68.3 Å². The third kappa shape index (κ3) is 5.86. The van der Waals surface area contributed by atoms with Crippen LogP contribution in [0.3, 0.4) is 0 Å². The monoisotopic (exact) mass is 572 g/mol. The number of aromatic nitrogens is 3. The number of morpholine rings is 1. The van der Waals surface area contributed by atoms with E-state index in [1.165, 1.54) is 10.6 Å². The Kier molecular flexibility index (Phi) is 7.08. The lowest BCUT2D eigenvalue weighted by Gasteiger charge is -2.36. The van der Waals surface area contributed by atoms with Crippen LogP contribution in [0.15, 0.2) is 60.8 Å². The number of sulfonamides is 1. The number of pyridine rings is 3. The number of amides is 1. The van der Waals surface area contributed by atoms with Crippen LogP contribution < -0.4 is 14.5 Å². The first-order valence-electron chi connectivity index (χ1n) is 13.7. The Morgan fingerprint density at radius 3 is 2.59 bits per heavy atom. The molecular weight excluding hydrogens is 540 g/mol. The molecule has 1 N–H and O–H groups in total. The molecule has 0 bridgehead atoms. The predicted molar refractivity (Wildman–Crippen MR) is 160 cm³/mol. The minimum absolute atomic E-state index is 0.0514. The molecular formula is C30H32N6O4S. The molecule has 11 heteroatoms. The van der Waals surface area contributed by atoms with E-state index in [1.54, 1.807) is 18.3 Å². The number of ether oxygens (including phenoxy) is 1. The molecule has 1 saturated heterocycles. The second kappa shape index (κ2) is 10.7. The van der Waals surface area contributed by atoms with E-state index in [-0.39, 0.29) is 24.5 Å². The highest BCUT2D eigenvalue weighted by atomic mass is 32.2. The van der Waals surface area contributed by atoms with Gasteiger partial charge in [0.15, 0.2) is 0 Å². The van der Waals surface area contributed by atoms with Crippen LogP contribution in [0.5, 0.6) is 0 Å². The van der Waals surface area contributed by atoms with E-state index < -0.39 is 10.0 Å². The first-order chi connectivity index (χ1) is 19.6. The van der Waals surface area contributed by atoms with E-state index in [9.17, 15) is 13.2 Å². The molecule has 2 aliphatic heterocycles. The molecule has 0 aliphatic carbocycles. The number of nitrogens with zero attached hydrogens (tertiary/aromatic N) is 5. The van der Waals surface area contributed by atoms with Crippen molar-refractivity contribution in [3.8, 4) is 11.4 Å². The number of hydrogen-bond acceptors (Lipinski definition) is 8. The molecule has 3 aromatic heterocycles. The summed E-state index contributed by atoms with van der Waals surface area (Å²) in [6.45, 7) is 6.12. The topological polar surface area (TPSA) is 118 Å². The third-order valence-electron chi connectivity index (χ3n) is 7.33. The predicted octanol–water partition coefficient (Wildman–Crippen LogP) is 3.81. The van der Waals surface area contributed by atoms with Crippen molar-refractivity contribution in [2.45, 2.75) is 38.9 Å². The summed E-state index contributed by atoms with van der Waals surface area (Å²) in [6, 6.07) is 17.0. The van der Waals surface area contributed by atoms with Crippen molar-refractivity contribution >= 4 is 44.0 Å². The SMILES string of the molecule is C[C@@H]1CN(c2cccc(-c3ccc4cnc(CC(=O)Nc5ccc6c(c5)N(S(C)(=O)=O)CC6)cc4n3)n2)C[C@H](C)O1. The number of fused-ring (bicyclic) bond motifs is 2. The molecule has 0 saturated carbocycles. The Morgan fingerprint density at radius 1 is 1.02 bits per heavy atom. The fraction of sp³-hybridized carbons (Fsp3) is 0.333. The molecule has 41 heavy (non-hydrogen) atoms. The Bertz CT molecular complexity index is 1730. The maximum atomic E-state index is 12.9. The average Bonchev–Trinajstić information content (AvgIpc) is 3.36. The molecule has 4 aromatic rings. The zero-order valence-corrected chi connectivity index (χ0v) is 24.1. The number of anilines is 3. The van der Waals surface area contributed by atoms with Gasteiger partial charge in [-0.25, -0.2) is 18.4 Å². The lowest BCUT2D eigenvalue weighted by molar-refractivity contribution is -0.115. The van der Waals surface area contributed by atoms with Crippen LogP contribution in [0.2, 0.25) is 0 Å². The van der Waals surface area contributed by atoms with Gasteiger partial charge in [0, 0.05) is 36.9 Å². The highest BCUT2D eigenvalue weighted by Gasteiger charge is 2.27. The molecule has 5 heterocycles. The minimum Gasteiger partial charge on any atom is -0.372 e. The van der Waals surface area contributed by atoms with E-state index in [1.807, 2.05) is 42.5 Å². The molecule has 1 aromatic carbocycles. The normalized spacial score (nSPS) is 18.9. The fourth-order valence-corrected chi connectivity index (χ4v) is 6.50. The summed E-state index contributed by atoms with van der Waals surface area (Å²) >= 11 is 0. The summed E-state index contributed by atoms with van der Waals surface area (Å²) in [6.07, 6.45) is 3.88. The van der Waals surface area contributed by atoms with E-state index in [0.717, 1.165) is 46.8 Å². The van der Waals surface area contributed by atoms with Crippen molar-refractivity contribution in [1.29, 1.82) is 0 Å². The fourth-order valence-electron chi connectivity index (χ4n) is 5.55. The summed E-state index contributed by atoms with van der Waals surface area (Å²) in [4.78, 5) is 29.3. The second-order valence-corrected chi connectivity index (χ2v) is 12.7. The van der Waals surface area contributed by atoms with Gasteiger partial charge in [0.1, 0.15) is 5.82 Å². The van der Waals surface area contributed by atoms with Gasteiger partial charge in [-0.3, -0.25) is 14.1 Å². The largest absolute Gasteiger partial charge is 0.372 e. The Morgan fingerprint density at radius 2 is 1.80 bits per heavy atom. The first-order valence-corrected chi connectivity index (χ1v) is 15.5. The quantitative estimate of drug-likeness (QED) is 0.371. The number of hydrogen-bond donors (Lipinski definition) is 1. The summed E-state index contributed by atoms with van der Waals surface area (Å²) in [5.41, 5.74) is 4.91. The molecule has 1 fully saturated rings. The molecule has 6 rings (SSSR count). The van der Waals surface area contributed by atoms with Crippen molar-refractivity contribution in [1.82, 2.24) is 15.0 Å². The van der Waals surface area contributed by atoms with Gasteiger partial charge >= 0.3 is 0 Å². The number of rotatable bonds is 6. The average molecular weight is 573 g/mol. The van der Waals surface area contributed by atoms with Gasteiger partial charge in [-0.2, -0.15) is 0 Å². The standard InChI is InChI=1S/C30H32N6O4S/c1-19-17-35(18-20(2)40-19)29-6-4-5-25(34-29)26-10-8-22-16-31-24(13-27(22)33-26)15-30(37)32-23-9-7-21-11-12-36(28(21)14-23)41(3,38)39/h4-10,13-14,16,19-20H,11-12,15,17-18H2,1-3H3,(H,32,37)/t19-,20+. The second-order valence-electron chi connectivity index (χ2n) is 10.8. The van der Waals surface area contributed by atoms with Crippen molar-refractivity contribution in [2.75, 3.05) is 40.4 Å². The molecule has 10 nitrogen and oxygen atoms in total. The van der Waals surface area contributed by atoms with Crippen LogP contribution in [0.1, 0.15) is 25.1 Å². The number of nitrogens with one attached hydrogen (secondary N) is 1. The Hall–Kier alpha value is -4.09. The molecule has 0 radical (unpaired) electrons. The van der Waals surface area contributed by atoms with Crippen LogP contribution in [0.4, 0.5) is 17.2 Å². The minimum atomic E-state index is -3.38. The third-order valence-corrected chi connectivity index (χ3v) is 8.51. The summed E-state index contributed by atoms with van der Waals surface area (Å²) in [7, 11) is -3.38. The van der Waals surface area contributed by atoms with Gasteiger partial charge in [0.25, 0.3) is 0 Å². The molecule has 1 amide bonds. The molecule has 212 valence electrons. The highest BCUT2D eigenvalue weighted by Crippen LogP contribution is 2.32. The number of carbonyl (C=O) groups is 1. The number of benzene rings is 1. The zero-order valence-electron chi connectivity index (χ0n) is 23.2. The lowest BCUT2D eigenvalue weighted by Crippen LogP contribution is -2.45. The summed E-state index contributed by atoms with van der Waals surface area (Å²) < 4.78 is 31.5.